The number of amides is 2. The fraction of sp³-hybridized carbons (Fsp3) is 0.0870. The van der Waals surface area contributed by atoms with Gasteiger partial charge in [-0.2, -0.15) is 0 Å². The van der Waals surface area contributed by atoms with E-state index in [9.17, 15) is 14.0 Å². The van der Waals surface area contributed by atoms with E-state index in [0.29, 0.717) is 27.6 Å². The van der Waals surface area contributed by atoms with Crippen LogP contribution in [0.2, 0.25) is 0 Å². The van der Waals surface area contributed by atoms with Crippen LogP contribution in [0.1, 0.15) is 22.2 Å². The number of anilines is 2. The number of thiophene rings is 1. The Balaban J connectivity index is 1.47. The largest absolute Gasteiger partial charge is 0.326 e. The summed E-state index contributed by atoms with van der Waals surface area (Å²) < 4.78 is 14.5. The molecular weight excluding hydrogens is 465 g/mol. The van der Waals surface area contributed by atoms with Gasteiger partial charge in [-0.15, -0.1) is 34.4 Å². The molecule has 0 aliphatic heterocycles. The second-order valence-corrected chi connectivity index (χ2v) is 9.64. The first kappa shape index (κ1) is 22.2. The molecule has 0 atom stereocenters. The topological polar surface area (TPSA) is 71.1 Å². The number of nitrogens with one attached hydrogen (secondary N) is 2. The fourth-order valence-electron chi connectivity index (χ4n) is 2.95. The van der Waals surface area contributed by atoms with Gasteiger partial charge in [-0.3, -0.25) is 14.9 Å². The van der Waals surface area contributed by atoms with Crippen molar-refractivity contribution in [3.63, 3.8) is 0 Å². The Labute approximate surface area is 196 Å². The van der Waals surface area contributed by atoms with Crippen molar-refractivity contribution in [2.45, 2.75) is 17.6 Å². The maximum absolute atomic E-state index is 14.5. The molecule has 2 aromatic heterocycles. The predicted octanol–water partition coefficient (Wildman–Crippen LogP) is 6.51. The van der Waals surface area contributed by atoms with Crippen molar-refractivity contribution in [2.24, 2.45) is 0 Å². The van der Waals surface area contributed by atoms with Gasteiger partial charge in [0.2, 0.25) is 5.91 Å². The lowest BCUT2D eigenvalue weighted by atomic mass is 10.1. The molecule has 2 heterocycles. The molecule has 0 radical (unpaired) electrons. The first-order chi connectivity index (χ1) is 15.5. The molecule has 4 rings (SSSR count). The van der Waals surface area contributed by atoms with E-state index >= 15 is 0 Å². The Morgan fingerprint density at radius 1 is 1.06 bits per heavy atom. The van der Waals surface area contributed by atoms with Crippen LogP contribution < -0.4 is 10.6 Å². The Morgan fingerprint density at radius 2 is 1.91 bits per heavy atom. The maximum Gasteiger partial charge on any atom is 0.258 e. The van der Waals surface area contributed by atoms with Gasteiger partial charge in [0, 0.05) is 39.1 Å². The van der Waals surface area contributed by atoms with Crippen LogP contribution in [-0.4, -0.2) is 16.8 Å². The number of benzene rings is 2. The number of nitrogens with zero attached hydrogens (tertiary/aromatic N) is 1. The molecule has 32 heavy (non-hydrogen) atoms. The first-order valence-corrected chi connectivity index (χ1v) is 12.3. The summed E-state index contributed by atoms with van der Waals surface area (Å²) in [5.74, 6) is -0.252. The average molecular weight is 484 g/mol. The van der Waals surface area contributed by atoms with Crippen LogP contribution in [-0.2, 0) is 10.5 Å². The van der Waals surface area contributed by atoms with Gasteiger partial charge in [0.15, 0.2) is 5.13 Å². The number of thioether (sulfide) groups is 1. The predicted molar refractivity (Wildman–Crippen MR) is 130 cm³/mol. The third-order valence-electron chi connectivity index (χ3n) is 4.37. The van der Waals surface area contributed by atoms with Gasteiger partial charge in [0.1, 0.15) is 5.82 Å². The van der Waals surface area contributed by atoms with Gasteiger partial charge >= 0.3 is 0 Å². The number of hydrogen-bond acceptors (Lipinski definition) is 6. The molecule has 0 aliphatic rings. The molecular formula is C23H18FN3O2S3. The third-order valence-corrected chi connectivity index (χ3v) is 7.31. The van der Waals surface area contributed by atoms with Crippen molar-refractivity contribution >= 4 is 57.1 Å². The van der Waals surface area contributed by atoms with Gasteiger partial charge in [-0.05, 0) is 41.8 Å². The van der Waals surface area contributed by atoms with E-state index in [1.54, 1.807) is 46.7 Å². The van der Waals surface area contributed by atoms with Crippen molar-refractivity contribution in [1.82, 2.24) is 4.98 Å². The van der Waals surface area contributed by atoms with Gasteiger partial charge in [0.05, 0.1) is 11.3 Å². The molecule has 0 bridgehead atoms. The Bertz CT molecular complexity index is 1260. The van der Waals surface area contributed by atoms with Gasteiger partial charge in [0.25, 0.3) is 5.91 Å². The highest BCUT2D eigenvalue weighted by atomic mass is 32.2. The number of rotatable bonds is 7. The van der Waals surface area contributed by atoms with E-state index in [-0.39, 0.29) is 11.8 Å². The summed E-state index contributed by atoms with van der Waals surface area (Å²) in [5.41, 5.74) is 1.65. The van der Waals surface area contributed by atoms with Crippen molar-refractivity contribution < 1.29 is 14.0 Å². The second kappa shape index (κ2) is 10.1. The molecule has 0 spiro atoms. The summed E-state index contributed by atoms with van der Waals surface area (Å²) >= 11 is 4.51. The molecule has 4 aromatic rings. The quantitative estimate of drug-likeness (QED) is 0.294. The van der Waals surface area contributed by atoms with E-state index in [0.717, 1.165) is 10.6 Å². The minimum absolute atomic E-state index is 0.262. The molecule has 0 saturated carbocycles. The van der Waals surface area contributed by atoms with Crippen LogP contribution in [0.4, 0.5) is 15.2 Å². The lowest BCUT2D eigenvalue weighted by molar-refractivity contribution is -0.114. The maximum atomic E-state index is 14.5. The lowest BCUT2D eigenvalue weighted by Gasteiger charge is -2.08. The van der Waals surface area contributed by atoms with Crippen LogP contribution in [0, 0.1) is 5.82 Å². The molecule has 2 amide bonds. The van der Waals surface area contributed by atoms with Crippen molar-refractivity contribution in [2.75, 3.05) is 10.6 Å². The Morgan fingerprint density at radius 3 is 2.66 bits per heavy atom. The summed E-state index contributed by atoms with van der Waals surface area (Å²) in [6, 6.07) is 15.9. The Kier molecular flexibility index (Phi) is 6.99. The highest BCUT2D eigenvalue weighted by molar-refractivity contribution is 7.98. The first-order valence-electron chi connectivity index (χ1n) is 9.58. The summed E-state index contributed by atoms with van der Waals surface area (Å²) in [6.07, 6.45) is 0. The zero-order valence-corrected chi connectivity index (χ0v) is 19.4. The SMILES string of the molecule is CC(=O)Nc1ccc(-c2csc(NC(=O)c3ccccc3SCc3cccs3)n2)c(F)c1. The van der Waals surface area contributed by atoms with E-state index in [2.05, 4.69) is 21.7 Å². The van der Waals surface area contributed by atoms with E-state index in [1.807, 2.05) is 29.6 Å². The number of thiazole rings is 1. The lowest BCUT2D eigenvalue weighted by Crippen LogP contribution is -2.12. The average Bonchev–Trinajstić information content (AvgIpc) is 3.44. The fourth-order valence-corrected chi connectivity index (χ4v) is 5.48. The van der Waals surface area contributed by atoms with Crippen molar-refractivity contribution in [3.8, 4) is 11.3 Å². The van der Waals surface area contributed by atoms with Gasteiger partial charge in [-0.1, -0.05) is 18.2 Å². The number of carbonyl (C=O) groups excluding carboxylic acids is 2. The molecule has 0 saturated heterocycles. The third kappa shape index (κ3) is 5.42. The van der Waals surface area contributed by atoms with E-state index in [1.165, 1.54) is 29.2 Å². The zero-order chi connectivity index (χ0) is 22.5. The molecule has 2 aromatic carbocycles. The highest BCUT2D eigenvalue weighted by Gasteiger charge is 2.15. The monoisotopic (exact) mass is 483 g/mol. The van der Waals surface area contributed by atoms with Crippen LogP contribution in [0.25, 0.3) is 11.3 Å². The molecule has 2 N–H and O–H groups in total. The van der Waals surface area contributed by atoms with Crippen LogP contribution in [0.15, 0.2) is 70.3 Å². The minimum atomic E-state index is -0.505. The molecule has 0 fully saturated rings. The number of aromatic nitrogens is 1. The molecule has 0 aliphatic carbocycles. The molecule has 0 unspecified atom stereocenters. The number of hydrogen-bond donors (Lipinski definition) is 2. The van der Waals surface area contributed by atoms with Crippen LogP contribution in [0.3, 0.4) is 0 Å². The van der Waals surface area contributed by atoms with E-state index < -0.39 is 5.82 Å². The normalized spacial score (nSPS) is 10.7. The van der Waals surface area contributed by atoms with Crippen LogP contribution >= 0.6 is 34.4 Å². The summed E-state index contributed by atoms with van der Waals surface area (Å²) in [6.45, 7) is 1.36. The summed E-state index contributed by atoms with van der Waals surface area (Å²) in [7, 11) is 0. The second-order valence-electron chi connectivity index (χ2n) is 6.73. The number of carbonyl (C=O) groups is 2. The summed E-state index contributed by atoms with van der Waals surface area (Å²) in [5, 5.41) is 9.46. The Hall–Kier alpha value is -3.01. The molecule has 9 heteroatoms. The molecule has 5 nitrogen and oxygen atoms in total. The smallest absolute Gasteiger partial charge is 0.258 e. The standard InChI is InChI=1S/C23H18FN3O2S3/c1-14(28)25-15-8-9-17(19(24)11-15)20-13-32-23(26-20)27-22(29)18-6-2-3-7-21(18)31-12-16-5-4-10-30-16/h2-11,13H,12H2,1H3,(H,25,28)(H,26,27,29). The van der Waals surface area contributed by atoms with Crippen molar-refractivity contribution in [1.29, 1.82) is 0 Å². The minimum Gasteiger partial charge on any atom is -0.326 e. The summed E-state index contributed by atoms with van der Waals surface area (Å²) in [4.78, 5) is 30.5. The van der Waals surface area contributed by atoms with Crippen molar-refractivity contribution in [3.05, 3.63) is 81.6 Å². The zero-order valence-electron chi connectivity index (χ0n) is 16.9. The number of halogens is 1. The van der Waals surface area contributed by atoms with Gasteiger partial charge < -0.3 is 5.32 Å². The van der Waals surface area contributed by atoms with E-state index in [4.69, 9.17) is 0 Å². The van der Waals surface area contributed by atoms with Gasteiger partial charge in [-0.25, -0.2) is 9.37 Å². The van der Waals surface area contributed by atoms with Crippen LogP contribution in [0.5, 0.6) is 0 Å². The highest BCUT2D eigenvalue weighted by Crippen LogP contribution is 2.31. The molecule has 162 valence electrons.